The standard InChI is InChI=1S/C12H16O3/c1-2-15-11(14)12-7-3-5-9(10(12)13)6-4-8-12/h5H,2-4,6-8H2,1H3. The first-order chi connectivity index (χ1) is 7.20. The Morgan fingerprint density at radius 3 is 3.07 bits per heavy atom. The van der Waals surface area contributed by atoms with E-state index in [1.165, 1.54) is 0 Å². The van der Waals surface area contributed by atoms with Gasteiger partial charge in [-0.15, -0.1) is 0 Å². The van der Waals surface area contributed by atoms with Crippen LogP contribution in [0.2, 0.25) is 0 Å². The minimum absolute atomic E-state index is 0.0263. The molecule has 1 fully saturated rings. The number of rotatable bonds is 2. The van der Waals surface area contributed by atoms with Crippen LogP contribution in [0.5, 0.6) is 0 Å². The van der Waals surface area contributed by atoms with Gasteiger partial charge in [-0.05, 0) is 44.6 Å². The van der Waals surface area contributed by atoms with Crippen molar-refractivity contribution in [3.8, 4) is 0 Å². The van der Waals surface area contributed by atoms with E-state index in [9.17, 15) is 9.59 Å². The molecule has 1 atom stereocenters. The largest absolute Gasteiger partial charge is 0.465 e. The fourth-order valence-corrected chi connectivity index (χ4v) is 2.61. The Kier molecular flexibility index (Phi) is 2.63. The van der Waals surface area contributed by atoms with E-state index in [1.807, 2.05) is 6.08 Å². The number of ether oxygens (including phenoxy) is 1. The van der Waals surface area contributed by atoms with E-state index in [0.717, 1.165) is 24.8 Å². The van der Waals surface area contributed by atoms with Crippen molar-refractivity contribution in [3.63, 3.8) is 0 Å². The Bertz CT molecular complexity index is 330. The lowest BCUT2D eigenvalue weighted by atomic mass is 9.65. The number of carbonyl (C=O) groups excluding carboxylic acids is 2. The third-order valence-electron chi connectivity index (χ3n) is 3.40. The number of carbonyl (C=O) groups is 2. The van der Waals surface area contributed by atoms with Crippen LogP contribution in [0, 0.1) is 5.41 Å². The topological polar surface area (TPSA) is 43.4 Å². The van der Waals surface area contributed by atoms with E-state index in [4.69, 9.17) is 4.74 Å². The van der Waals surface area contributed by atoms with Crippen LogP contribution in [-0.2, 0) is 14.3 Å². The second-order valence-electron chi connectivity index (χ2n) is 4.25. The molecule has 3 nitrogen and oxygen atoms in total. The van der Waals surface area contributed by atoms with Gasteiger partial charge in [0.1, 0.15) is 5.41 Å². The fraction of sp³-hybridized carbons (Fsp3) is 0.667. The van der Waals surface area contributed by atoms with Gasteiger partial charge in [0.15, 0.2) is 5.78 Å². The maximum Gasteiger partial charge on any atom is 0.319 e. The van der Waals surface area contributed by atoms with Crippen molar-refractivity contribution in [2.75, 3.05) is 6.61 Å². The Balaban J connectivity index is 2.30. The monoisotopic (exact) mass is 208 g/mol. The van der Waals surface area contributed by atoms with Gasteiger partial charge in [0, 0.05) is 0 Å². The van der Waals surface area contributed by atoms with Crippen molar-refractivity contribution in [3.05, 3.63) is 11.6 Å². The van der Waals surface area contributed by atoms with E-state index >= 15 is 0 Å². The molecule has 0 spiro atoms. The van der Waals surface area contributed by atoms with Crippen LogP contribution in [-0.4, -0.2) is 18.4 Å². The van der Waals surface area contributed by atoms with Crippen molar-refractivity contribution >= 4 is 11.8 Å². The first kappa shape index (κ1) is 10.4. The quantitative estimate of drug-likeness (QED) is 0.515. The highest BCUT2D eigenvalue weighted by Crippen LogP contribution is 2.44. The van der Waals surface area contributed by atoms with Crippen LogP contribution < -0.4 is 0 Å². The molecular formula is C12H16O3. The first-order valence-electron chi connectivity index (χ1n) is 5.62. The molecule has 82 valence electrons. The summed E-state index contributed by atoms with van der Waals surface area (Å²) in [6, 6.07) is 0. The molecule has 0 heterocycles. The number of fused-ring (bicyclic) bond motifs is 2. The van der Waals surface area contributed by atoms with Gasteiger partial charge in [0.2, 0.25) is 0 Å². The van der Waals surface area contributed by atoms with Gasteiger partial charge >= 0.3 is 5.97 Å². The molecule has 0 saturated heterocycles. The third-order valence-corrected chi connectivity index (χ3v) is 3.40. The summed E-state index contributed by atoms with van der Waals surface area (Å²) < 4.78 is 5.04. The lowest BCUT2D eigenvalue weighted by Crippen LogP contribution is -2.45. The molecule has 2 aliphatic carbocycles. The predicted molar refractivity (Wildman–Crippen MR) is 55.2 cm³/mol. The molecular weight excluding hydrogens is 192 g/mol. The molecule has 0 aromatic heterocycles. The van der Waals surface area contributed by atoms with Crippen LogP contribution in [0.4, 0.5) is 0 Å². The zero-order valence-electron chi connectivity index (χ0n) is 9.04. The maximum absolute atomic E-state index is 12.1. The van der Waals surface area contributed by atoms with Gasteiger partial charge in [-0.3, -0.25) is 9.59 Å². The molecule has 0 aliphatic heterocycles. The highest BCUT2D eigenvalue weighted by atomic mass is 16.5. The summed E-state index contributed by atoms with van der Waals surface area (Å²) in [6.45, 7) is 2.13. The maximum atomic E-state index is 12.1. The molecule has 0 amide bonds. The highest BCUT2D eigenvalue weighted by Gasteiger charge is 2.50. The summed E-state index contributed by atoms with van der Waals surface area (Å²) in [5, 5.41) is 0. The summed E-state index contributed by atoms with van der Waals surface area (Å²) in [7, 11) is 0. The second-order valence-corrected chi connectivity index (χ2v) is 4.25. The summed E-state index contributed by atoms with van der Waals surface area (Å²) in [6.07, 6.45) is 5.88. The summed E-state index contributed by atoms with van der Waals surface area (Å²) in [4.78, 5) is 23.9. The van der Waals surface area contributed by atoms with E-state index in [0.29, 0.717) is 19.4 Å². The average Bonchev–Trinajstić information content (AvgIpc) is 2.18. The van der Waals surface area contributed by atoms with Crippen LogP contribution in [0.15, 0.2) is 11.6 Å². The smallest absolute Gasteiger partial charge is 0.319 e. The molecule has 2 bridgehead atoms. The molecule has 2 aliphatic rings. The lowest BCUT2D eigenvalue weighted by molar-refractivity contribution is -0.161. The molecule has 0 aromatic rings. The lowest BCUT2D eigenvalue weighted by Gasteiger charge is -2.37. The number of ketones is 1. The van der Waals surface area contributed by atoms with Gasteiger partial charge in [0.05, 0.1) is 6.61 Å². The fourth-order valence-electron chi connectivity index (χ4n) is 2.61. The summed E-state index contributed by atoms with van der Waals surface area (Å²) >= 11 is 0. The molecule has 1 saturated carbocycles. The molecule has 1 unspecified atom stereocenters. The van der Waals surface area contributed by atoms with Crippen LogP contribution >= 0.6 is 0 Å². The van der Waals surface area contributed by atoms with Gasteiger partial charge in [-0.1, -0.05) is 6.08 Å². The SMILES string of the molecule is CCOC(=O)C12CCC=C(CCC1)C2=O. The van der Waals surface area contributed by atoms with Gasteiger partial charge in [0.25, 0.3) is 0 Å². The van der Waals surface area contributed by atoms with Crippen molar-refractivity contribution in [1.29, 1.82) is 0 Å². The number of Topliss-reactive ketones (excluding diaryl/α,β-unsaturated/α-hetero) is 1. The zero-order chi connectivity index (χ0) is 10.9. The van der Waals surface area contributed by atoms with E-state index in [2.05, 4.69) is 0 Å². The van der Waals surface area contributed by atoms with Crippen molar-refractivity contribution in [1.82, 2.24) is 0 Å². The Morgan fingerprint density at radius 2 is 2.33 bits per heavy atom. The number of hydrogen-bond acceptors (Lipinski definition) is 3. The minimum Gasteiger partial charge on any atom is -0.465 e. The van der Waals surface area contributed by atoms with Crippen LogP contribution in [0.3, 0.4) is 0 Å². The van der Waals surface area contributed by atoms with Crippen LogP contribution in [0.1, 0.15) is 39.0 Å². The van der Waals surface area contributed by atoms with Crippen molar-refractivity contribution in [2.45, 2.75) is 39.0 Å². The van der Waals surface area contributed by atoms with Gasteiger partial charge < -0.3 is 4.74 Å². The molecule has 0 radical (unpaired) electrons. The number of hydrogen-bond donors (Lipinski definition) is 0. The van der Waals surface area contributed by atoms with Crippen LogP contribution in [0.25, 0.3) is 0 Å². The summed E-state index contributed by atoms with van der Waals surface area (Å²) in [5.41, 5.74) is 0.0266. The second kappa shape index (κ2) is 3.80. The van der Waals surface area contributed by atoms with Crippen molar-refractivity contribution < 1.29 is 14.3 Å². The van der Waals surface area contributed by atoms with Gasteiger partial charge in [-0.2, -0.15) is 0 Å². The van der Waals surface area contributed by atoms with E-state index < -0.39 is 5.41 Å². The van der Waals surface area contributed by atoms with Gasteiger partial charge in [-0.25, -0.2) is 0 Å². The average molecular weight is 208 g/mol. The number of allylic oxidation sites excluding steroid dienone is 2. The normalized spacial score (nSPS) is 29.7. The Morgan fingerprint density at radius 1 is 1.53 bits per heavy atom. The molecule has 2 rings (SSSR count). The molecule has 0 N–H and O–H groups in total. The predicted octanol–water partition coefficient (Wildman–Crippen LogP) is 2.01. The van der Waals surface area contributed by atoms with E-state index in [-0.39, 0.29) is 11.8 Å². The van der Waals surface area contributed by atoms with Crippen molar-refractivity contribution in [2.24, 2.45) is 5.41 Å². The minimum atomic E-state index is -0.821. The Hall–Kier alpha value is -1.12. The summed E-state index contributed by atoms with van der Waals surface area (Å²) in [5.74, 6) is -0.279. The Labute approximate surface area is 89.5 Å². The molecule has 3 heteroatoms. The molecule has 0 aromatic carbocycles. The first-order valence-corrected chi connectivity index (χ1v) is 5.62. The van der Waals surface area contributed by atoms with E-state index in [1.54, 1.807) is 6.92 Å². The zero-order valence-corrected chi connectivity index (χ0v) is 9.04. The number of esters is 1. The third kappa shape index (κ3) is 1.50. The highest BCUT2D eigenvalue weighted by molar-refractivity contribution is 6.13. The molecule has 15 heavy (non-hydrogen) atoms.